The van der Waals surface area contributed by atoms with Crippen LogP contribution < -0.4 is 0 Å². The van der Waals surface area contributed by atoms with Crippen LogP contribution in [-0.4, -0.2) is 89.7 Å². The van der Waals surface area contributed by atoms with Crippen LogP contribution in [0.2, 0.25) is 0 Å². The van der Waals surface area contributed by atoms with Crippen LogP contribution in [0.1, 0.15) is 58.6 Å². The number of likely N-dealkylation sites (tertiary alicyclic amines) is 1. The topological polar surface area (TPSA) is 81.2 Å². The summed E-state index contributed by atoms with van der Waals surface area (Å²) in [5.41, 5.74) is 1.34. The van der Waals surface area contributed by atoms with Gasteiger partial charge in [-0.2, -0.15) is 0 Å². The minimum absolute atomic E-state index is 0.0646. The minimum atomic E-state index is -0.861. The fraction of sp³-hybridized carbons (Fsp3) is 0.525. The fourth-order valence-corrected chi connectivity index (χ4v) is 12.5. The molecule has 5 rings (SSSR count). The van der Waals surface area contributed by atoms with Crippen molar-refractivity contribution in [3.8, 4) is 0 Å². The zero-order valence-electron chi connectivity index (χ0n) is 29.6. The zero-order valence-corrected chi connectivity index (χ0v) is 32.0. The van der Waals surface area contributed by atoms with Gasteiger partial charge < -0.3 is 19.8 Å². The predicted molar refractivity (Wildman–Crippen MR) is 202 cm³/mol. The number of nitrogens with zero attached hydrogens (tertiary/aromatic N) is 3. The van der Waals surface area contributed by atoms with Crippen LogP contribution in [0, 0.1) is 17.3 Å². The molecule has 0 saturated carbocycles. The predicted octanol–water partition coefficient (Wildman–Crippen LogP) is 6.50. The van der Waals surface area contributed by atoms with Crippen LogP contribution in [0.4, 0.5) is 0 Å². The summed E-state index contributed by atoms with van der Waals surface area (Å²) in [4.78, 5) is 50.5. The van der Waals surface area contributed by atoms with E-state index in [1.165, 1.54) is 0 Å². The first kappa shape index (κ1) is 37.4. The average molecular weight is 751 g/mol. The van der Waals surface area contributed by atoms with E-state index in [9.17, 15) is 9.90 Å². The second-order valence-electron chi connectivity index (χ2n) is 15.7. The maximum Gasteiger partial charge on any atom is 0.247 e. The van der Waals surface area contributed by atoms with Gasteiger partial charge in [0.25, 0.3) is 0 Å². The van der Waals surface area contributed by atoms with Crippen molar-refractivity contribution in [3.63, 3.8) is 0 Å². The van der Waals surface area contributed by atoms with E-state index in [1.54, 1.807) is 33.7 Å². The molecule has 0 radical (unpaired) electrons. The molecular formula is C40H52BrN3O4S. The molecule has 2 aromatic carbocycles. The van der Waals surface area contributed by atoms with Gasteiger partial charge in [0.05, 0.1) is 29.2 Å². The lowest BCUT2D eigenvalue weighted by Gasteiger charge is -2.46. The van der Waals surface area contributed by atoms with Gasteiger partial charge in [0.15, 0.2) is 0 Å². The molecule has 0 aliphatic carbocycles. The zero-order chi connectivity index (χ0) is 35.7. The van der Waals surface area contributed by atoms with Crippen LogP contribution in [0.15, 0.2) is 86.0 Å². The Labute approximate surface area is 305 Å². The quantitative estimate of drug-likeness (QED) is 0.176. The molecule has 264 valence electrons. The summed E-state index contributed by atoms with van der Waals surface area (Å²) in [6.45, 7) is 19.4. The highest BCUT2D eigenvalue weighted by molar-refractivity contribution is 9.09. The van der Waals surface area contributed by atoms with E-state index < -0.39 is 34.2 Å². The smallest absolute Gasteiger partial charge is 0.247 e. The van der Waals surface area contributed by atoms with Gasteiger partial charge in [0.2, 0.25) is 17.7 Å². The molecule has 9 heteroatoms. The Balaban J connectivity index is 1.62. The van der Waals surface area contributed by atoms with Crippen molar-refractivity contribution in [1.29, 1.82) is 0 Å². The van der Waals surface area contributed by atoms with Crippen LogP contribution >= 0.6 is 27.7 Å². The number of halogens is 1. The molecule has 1 spiro atoms. The van der Waals surface area contributed by atoms with Crippen molar-refractivity contribution >= 4 is 45.4 Å². The maximum absolute atomic E-state index is 15.3. The van der Waals surface area contributed by atoms with Gasteiger partial charge in [0, 0.05) is 35.3 Å². The number of benzene rings is 2. The number of alkyl halides is 1. The highest BCUT2D eigenvalue weighted by Crippen LogP contribution is 2.68. The van der Waals surface area contributed by atoms with Crippen molar-refractivity contribution in [3.05, 3.63) is 97.1 Å². The first-order chi connectivity index (χ1) is 23.2. The van der Waals surface area contributed by atoms with Crippen LogP contribution in [-0.2, 0) is 27.3 Å². The summed E-state index contributed by atoms with van der Waals surface area (Å²) in [5.74, 6) is -1.80. The Morgan fingerprint density at radius 1 is 1.00 bits per heavy atom. The molecule has 49 heavy (non-hydrogen) atoms. The summed E-state index contributed by atoms with van der Waals surface area (Å²) < 4.78 is -0.846. The van der Waals surface area contributed by atoms with Gasteiger partial charge in [-0.05, 0) is 49.7 Å². The van der Waals surface area contributed by atoms with Crippen molar-refractivity contribution in [1.82, 2.24) is 14.7 Å². The normalized spacial score (nSPS) is 26.7. The fourth-order valence-electron chi connectivity index (χ4n) is 8.87. The Kier molecular flexibility index (Phi) is 11.3. The number of fused-ring (bicyclic) bond motifs is 1. The summed E-state index contributed by atoms with van der Waals surface area (Å²) >= 11 is 5.57. The second-order valence-corrected chi connectivity index (χ2v) is 18.4. The molecule has 1 N–H and O–H groups in total. The first-order valence-electron chi connectivity index (χ1n) is 17.3. The van der Waals surface area contributed by atoms with Gasteiger partial charge in [-0.25, -0.2) is 0 Å². The number of aliphatic hydroxyl groups is 1. The Morgan fingerprint density at radius 3 is 2.14 bits per heavy atom. The molecule has 3 heterocycles. The Hall–Kier alpha value is -2.88. The number of hydrogen-bond donors (Lipinski definition) is 1. The number of carbonyl (C=O) groups is 3. The number of rotatable bonds is 14. The lowest BCUT2D eigenvalue weighted by molar-refractivity contribution is -0.149. The number of amides is 3. The minimum Gasteiger partial charge on any atom is -0.394 e. The van der Waals surface area contributed by atoms with Crippen molar-refractivity contribution in [2.24, 2.45) is 17.3 Å². The SMILES string of the molecule is C=CCN(Cc1ccccc1)C(=O)[C@H]1[C@@H]2SC3(CC2Br)C(C(=O)N(CC=C)C(C)(C)CC(C)(C)C)N([C@@H](CO)Cc2ccccc2)C(=O)[C@H]13. The van der Waals surface area contributed by atoms with Gasteiger partial charge in [-0.3, -0.25) is 14.4 Å². The van der Waals surface area contributed by atoms with E-state index in [2.05, 4.69) is 63.7 Å². The molecule has 2 bridgehead atoms. The molecule has 3 saturated heterocycles. The van der Waals surface area contributed by atoms with Crippen LogP contribution in [0.5, 0.6) is 0 Å². The van der Waals surface area contributed by atoms with E-state index in [0.717, 1.165) is 17.5 Å². The molecule has 3 fully saturated rings. The van der Waals surface area contributed by atoms with Gasteiger partial charge in [-0.15, -0.1) is 24.9 Å². The summed E-state index contributed by atoms with van der Waals surface area (Å²) in [5, 5.41) is 10.8. The Morgan fingerprint density at radius 2 is 1.59 bits per heavy atom. The molecule has 3 unspecified atom stereocenters. The Bertz CT molecular complexity index is 1530. The van der Waals surface area contributed by atoms with Crippen LogP contribution in [0.25, 0.3) is 0 Å². The third kappa shape index (κ3) is 7.31. The van der Waals surface area contributed by atoms with E-state index in [0.29, 0.717) is 32.5 Å². The van der Waals surface area contributed by atoms with E-state index in [-0.39, 0.29) is 39.8 Å². The van der Waals surface area contributed by atoms with Crippen molar-refractivity contribution in [2.75, 3.05) is 19.7 Å². The van der Waals surface area contributed by atoms with Crippen molar-refractivity contribution in [2.45, 2.75) is 92.9 Å². The summed E-state index contributed by atoms with van der Waals surface area (Å²) in [7, 11) is 0. The highest BCUT2D eigenvalue weighted by Gasteiger charge is 2.76. The second kappa shape index (κ2) is 14.8. The molecule has 3 aliphatic heterocycles. The largest absolute Gasteiger partial charge is 0.394 e. The number of hydrogen-bond acceptors (Lipinski definition) is 5. The standard InChI is InChI=1S/C40H52BrN3O4S/c1-8-20-42(24-28-18-14-11-15-19-28)35(46)31-32-36(47)44(29(25-45)22-27-16-12-10-13-17-27)34(40(32)23-30(41)33(31)49-40)37(48)43(21-9-2)39(6,7)26-38(3,4)5/h8-19,29-34,45H,1-2,20-26H2,3-7H3/t29-,30?,31-,32+,33-,34?,40?/m1/s1. The van der Waals surface area contributed by atoms with Gasteiger partial charge >= 0.3 is 0 Å². The van der Waals surface area contributed by atoms with Gasteiger partial charge in [-0.1, -0.05) is 110 Å². The van der Waals surface area contributed by atoms with Crippen LogP contribution in [0.3, 0.4) is 0 Å². The van der Waals surface area contributed by atoms with Gasteiger partial charge in [0.1, 0.15) is 6.04 Å². The molecule has 3 aliphatic rings. The molecule has 0 aromatic heterocycles. The average Bonchev–Trinajstić information content (AvgIpc) is 3.64. The lowest BCUT2D eigenvalue weighted by Crippen LogP contribution is -2.62. The van der Waals surface area contributed by atoms with E-state index in [4.69, 9.17) is 0 Å². The molecule has 7 atom stereocenters. The lowest BCUT2D eigenvalue weighted by atomic mass is 9.70. The van der Waals surface area contributed by atoms with Crippen molar-refractivity contribution < 1.29 is 19.5 Å². The highest BCUT2D eigenvalue weighted by atomic mass is 79.9. The third-order valence-corrected chi connectivity index (χ3v) is 13.5. The summed E-state index contributed by atoms with van der Waals surface area (Å²) in [6.07, 6.45) is 5.17. The number of aliphatic hydroxyl groups excluding tert-OH is 1. The maximum atomic E-state index is 15.3. The number of carbonyl (C=O) groups excluding carboxylic acids is 3. The molecular weight excluding hydrogens is 698 g/mol. The molecule has 2 aromatic rings. The first-order valence-corrected chi connectivity index (χ1v) is 19.1. The number of thioether (sulfide) groups is 1. The van der Waals surface area contributed by atoms with E-state index in [1.807, 2.05) is 65.6 Å². The third-order valence-electron chi connectivity index (χ3n) is 10.3. The summed E-state index contributed by atoms with van der Waals surface area (Å²) in [6, 6.07) is 18.1. The monoisotopic (exact) mass is 749 g/mol. The van der Waals surface area contributed by atoms with E-state index >= 15 is 9.59 Å². The molecule has 3 amide bonds. The molecule has 7 nitrogen and oxygen atoms in total.